The van der Waals surface area contributed by atoms with E-state index in [2.05, 4.69) is 5.32 Å². The molecular formula is C16H18N2O3. The van der Waals surface area contributed by atoms with Crippen LogP contribution in [0, 0.1) is 0 Å². The van der Waals surface area contributed by atoms with Gasteiger partial charge in [-0.05, 0) is 25.1 Å². The lowest BCUT2D eigenvalue weighted by Crippen LogP contribution is -2.15. The Labute approximate surface area is 123 Å². The van der Waals surface area contributed by atoms with Gasteiger partial charge in [0.15, 0.2) is 11.5 Å². The number of rotatable bonds is 4. The number of nitrogens with one attached hydrogen (secondary N) is 1. The van der Waals surface area contributed by atoms with Crippen LogP contribution in [-0.2, 0) is 0 Å². The highest BCUT2D eigenvalue weighted by Crippen LogP contribution is 2.34. The third-order valence-corrected chi connectivity index (χ3v) is 3.07. The number of ether oxygens (including phenoxy) is 3. The average molecular weight is 286 g/mol. The minimum atomic E-state index is 0.573. The number of hydrogen-bond donors (Lipinski definition) is 2. The normalized spacial score (nSPS) is 12.8. The van der Waals surface area contributed by atoms with Gasteiger partial charge in [0.2, 0.25) is 0 Å². The molecule has 3 N–H and O–H groups in total. The maximum Gasteiger partial charge on any atom is 0.163 e. The van der Waals surface area contributed by atoms with Crippen molar-refractivity contribution < 1.29 is 14.2 Å². The van der Waals surface area contributed by atoms with E-state index < -0.39 is 0 Å². The van der Waals surface area contributed by atoms with E-state index in [1.54, 1.807) is 6.07 Å². The van der Waals surface area contributed by atoms with Gasteiger partial charge in [0.05, 0.1) is 6.61 Å². The van der Waals surface area contributed by atoms with Crippen molar-refractivity contribution in [3.05, 3.63) is 36.4 Å². The first kappa shape index (κ1) is 13.4. The summed E-state index contributed by atoms with van der Waals surface area (Å²) >= 11 is 0. The molecule has 5 nitrogen and oxygen atoms in total. The third kappa shape index (κ3) is 3.13. The third-order valence-electron chi connectivity index (χ3n) is 3.07. The van der Waals surface area contributed by atoms with Gasteiger partial charge < -0.3 is 25.3 Å². The van der Waals surface area contributed by atoms with Crippen LogP contribution in [0.2, 0.25) is 0 Å². The second kappa shape index (κ2) is 5.83. The average Bonchev–Trinajstić information content (AvgIpc) is 2.47. The SMILES string of the molecule is CCOc1cc(N)cc(Nc2ccc3c(c2)OCCO3)c1. The molecule has 0 atom stereocenters. The smallest absolute Gasteiger partial charge is 0.163 e. The van der Waals surface area contributed by atoms with E-state index in [0.717, 1.165) is 28.6 Å². The molecule has 2 aromatic rings. The van der Waals surface area contributed by atoms with Gasteiger partial charge in [0.1, 0.15) is 19.0 Å². The van der Waals surface area contributed by atoms with Crippen LogP contribution in [0.5, 0.6) is 17.2 Å². The zero-order valence-electron chi connectivity index (χ0n) is 11.9. The first-order valence-electron chi connectivity index (χ1n) is 6.94. The Balaban J connectivity index is 1.83. The summed E-state index contributed by atoms with van der Waals surface area (Å²) in [5, 5.41) is 3.30. The van der Waals surface area contributed by atoms with Crippen LogP contribution in [0.25, 0.3) is 0 Å². The molecule has 21 heavy (non-hydrogen) atoms. The number of benzene rings is 2. The molecule has 1 heterocycles. The fraction of sp³-hybridized carbons (Fsp3) is 0.250. The quantitative estimate of drug-likeness (QED) is 0.845. The first-order chi connectivity index (χ1) is 10.2. The Kier molecular flexibility index (Phi) is 3.73. The van der Waals surface area contributed by atoms with Gasteiger partial charge in [0.25, 0.3) is 0 Å². The van der Waals surface area contributed by atoms with Crippen molar-refractivity contribution >= 4 is 17.1 Å². The first-order valence-corrected chi connectivity index (χ1v) is 6.94. The zero-order chi connectivity index (χ0) is 14.7. The van der Waals surface area contributed by atoms with E-state index >= 15 is 0 Å². The van der Waals surface area contributed by atoms with Crippen LogP contribution in [-0.4, -0.2) is 19.8 Å². The second-order valence-corrected chi connectivity index (χ2v) is 4.71. The highest BCUT2D eigenvalue weighted by Gasteiger charge is 2.11. The molecule has 0 aromatic heterocycles. The summed E-state index contributed by atoms with van der Waals surface area (Å²) in [4.78, 5) is 0. The van der Waals surface area contributed by atoms with Gasteiger partial charge >= 0.3 is 0 Å². The molecule has 0 unspecified atom stereocenters. The van der Waals surface area contributed by atoms with Crippen LogP contribution in [0.3, 0.4) is 0 Å². The van der Waals surface area contributed by atoms with Crippen LogP contribution in [0.4, 0.5) is 17.1 Å². The molecule has 110 valence electrons. The predicted octanol–water partition coefficient (Wildman–Crippen LogP) is 3.18. The Morgan fingerprint density at radius 2 is 1.86 bits per heavy atom. The van der Waals surface area contributed by atoms with E-state index in [9.17, 15) is 0 Å². The van der Waals surface area contributed by atoms with Crippen molar-refractivity contribution in [2.45, 2.75) is 6.92 Å². The highest BCUT2D eigenvalue weighted by molar-refractivity contribution is 5.68. The van der Waals surface area contributed by atoms with Gasteiger partial charge in [-0.3, -0.25) is 0 Å². The van der Waals surface area contributed by atoms with Crippen LogP contribution >= 0.6 is 0 Å². The van der Waals surface area contributed by atoms with Crippen molar-refractivity contribution in [2.24, 2.45) is 0 Å². The van der Waals surface area contributed by atoms with Gasteiger partial charge in [-0.25, -0.2) is 0 Å². The van der Waals surface area contributed by atoms with Gasteiger partial charge in [-0.15, -0.1) is 0 Å². The number of anilines is 3. The number of hydrogen-bond acceptors (Lipinski definition) is 5. The van der Waals surface area contributed by atoms with E-state index in [1.165, 1.54) is 0 Å². The molecule has 1 aliphatic rings. The second-order valence-electron chi connectivity index (χ2n) is 4.71. The largest absolute Gasteiger partial charge is 0.494 e. The van der Waals surface area contributed by atoms with Crippen molar-refractivity contribution in [2.75, 3.05) is 30.9 Å². The van der Waals surface area contributed by atoms with Gasteiger partial charge in [-0.2, -0.15) is 0 Å². The summed E-state index contributed by atoms with van der Waals surface area (Å²) in [5.74, 6) is 2.27. The summed E-state index contributed by atoms with van der Waals surface area (Å²) < 4.78 is 16.6. The lowest BCUT2D eigenvalue weighted by Gasteiger charge is -2.19. The Bertz CT molecular complexity index is 643. The maximum atomic E-state index is 5.89. The lowest BCUT2D eigenvalue weighted by atomic mass is 10.2. The summed E-state index contributed by atoms with van der Waals surface area (Å²) in [6, 6.07) is 11.3. The van der Waals surface area contributed by atoms with Crippen LogP contribution in [0.15, 0.2) is 36.4 Å². The molecule has 3 rings (SSSR count). The summed E-state index contributed by atoms with van der Waals surface area (Å²) in [5.41, 5.74) is 8.32. The fourth-order valence-electron chi connectivity index (χ4n) is 2.23. The monoisotopic (exact) mass is 286 g/mol. The minimum absolute atomic E-state index is 0.573. The van der Waals surface area contributed by atoms with Crippen molar-refractivity contribution in [3.8, 4) is 17.2 Å². The topological polar surface area (TPSA) is 65.7 Å². The van der Waals surface area contributed by atoms with Crippen LogP contribution < -0.4 is 25.3 Å². The molecule has 0 spiro atoms. The standard InChI is InChI=1S/C16H18N2O3/c1-2-19-14-8-11(17)7-13(9-14)18-12-3-4-15-16(10-12)21-6-5-20-15/h3-4,7-10,18H,2,5-6,17H2,1H3. The predicted molar refractivity (Wildman–Crippen MR) is 82.7 cm³/mol. The molecule has 0 radical (unpaired) electrons. The molecule has 0 saturated carbocycles. The van der Waals surface area contributed by atoms with E-state index in [1.807, 2.05) is 37.3 Å². The molecule has 0 amide bonds. The Morgan fingerprint density at radius 3 is 2.67 bits per heavy atom. The molecule has 2 aromatic carbocycles. The van der Waals surface area contributed by atoms with E-state index in [0.29, 0.717) is 25.5 Å². The highest BCUT2D eigenvalue weighted by atomic mass is 16.6. The minimum Gasteiger partial charge on any atom is -0.494 e. The van der Waals surface area contributed by atoms with Gasteiger partial charge in [-0.1, -0.05) is 0 Å². The summed E-state index contributed by atoms with van der Waals surface area (Å²) in [6.07, 6.45) is 0. The van der Waals surface area contributed by atoms with Crippen molar-refractivity contribution in [3.63, 3.8) is 0 Å². The molecule has 0 saturated heterocycles. The number of nitrogens with two attached hydrogens (primary N) is 1. The molecule has 0 aliphatic carbocycles. The van der Waals surface area contributed by atoms with Gasteiger partial charge in [0, 0.05) is 35.3 Å². The van der Waals surface area contributed by atoms with Crippen molar-refractivity contribution in [1.82, 2.24) is 0 Å². The molecule has 0 bridgehead atoms. The molecule has 5 heteroatoms. The molecule has 1 aliphatic heterocycles. The van der Waals surface area contributed by atoms with Crippen LogP contribution in [0.1, 0.15) is 6.92 Å². The summed E-state index contributed by atoms with van der Waals surface area (Å²) in [6.45, 7) is 3.71. The Morgan fingerprint density at radius 1 is 1.05 bits per heavy atom. The van der Waals surface area contributed by atoms with E-state index in [-0.39, 0.29) is 0 Å². The molecule has 0 fully saturated rings. The number of fused-ring (bicyclic) bond motifs is 1. The lowest BCUT2D eigenvalue weighted by molar-refractivity contribution is 0.171. The fourth-order valence-corrected chi connectivity index (χ4v) is 2.23. The molecular weight excluding hydrogens is 268 g/mol. The maximum absolute atomic E-state index is 5.89. The number of nitrogen functional groups attached to an aromatic ring is 1. The zero-order valence-corrected chi connectivity index (χ0v) is 11.9. The van der Waals surface area contributed by atoms with E-state index in [4.69, 9.17) is 19.9 Å². The Hall–Kier alpha value is -2.56. The van der Waals surface area contributed by atoms with Crippen molar-refractivity contribution in [1.29, 1.82) is 0 Å². The summed E-state index contributed by atoms with van der Waals surface area (Å²) in [7, 11) is 0.